The van der Waals surface area contributed by atoms with Crippen molar-refractivity contribution in [2.75, 3.05) is 0 Å². The van der Waals surface area contributed by atoms with E-state index in [4.69, 9.17) is 0 Å². The maximum Gasteiger partial charge on any atom is -0.000741 e. The van der Waals surface area contributed by atoms with Crippen molar-refractivity contribution in [2.24, 2.45) is 0 Å². The second-order valence-corrected chi connectivity index (χ2v) is 10.9. The van der Waals surface area contributed by atoms with Crippen molar-refractivity contribution < 1.29 is 0 Å². The molecule has 0 unspecified atom stereocenters. The molecule has 0 saturated heterocycles. The van der Waals surface area contributed by atoms with E-state index in [0.29, 0.717) is 0 Å². The van der Waals surface area contributed by atoms with Crippen LogP contribution >= 0.6 is 0 Å². The van der Waals surface area contributed by atoms with Gasteiger partial charge >= 0.3 is 0 Å². The maximum atomic E-state index is 2.37. The zero-order chi connectivity index (χ0) is 26.2. The van der Waals surface area contributed by atoms with Gasteiger partial charge in [-0.15, -0.1) is 0 Å². The van der Waals surface area contributed by atoms with E-state index in [0.717, 1.165) is 0 Å². The van der Waals surface area contributed by atoms with E-state index in [1.54, 1.807) is 0 Å². The summed E-state index contributed by atoms with van der Waals surface area (Å²) in [4.78, 5) is 0. The van der Waals surface area contributed by atoms with Crippen molar-refractivity contribution in [1.82, 2.24) is 0 Å². The third kappa shape index (κ3) is 2.96. The average molecular weight is 505 g/mol. The molecule has 8 aromatic carbocycles. The lowest BCUT2D eigenvalue weighted by Gasteiger charge is -2.21. The van der Waals surface area contributed by atoms with Gasteiger partial charge in [0.2, 0.25) is 0 Å². The molecule has 0 fully saturated rings. The predicted octanol–water partition coefficient (Wildman–Crippen LogP) is 11.3. The molecule has 0 aromatic heterocycles. The molecule has 0 saturated carbocycles. The molecule has 0 amide bonds. The van der Waals surface area contributed by atoms with Crippen LogP contribution in [0.5, 0.6) is 0 Å². The fourth-order valence-electron chi connectivity index (χ4n) is 7.02. The fourth-order valence-corrected chi connectivity index (χ4v) is 7.02. The van der Waals surface area contributed by atoms with Gasteiger partial charge in [-0.2, -0.15) is 0 Å². The molecule has 8 aromatic rings. The summed E-state index contributed by atoms with van der Waals surface area (Å²) in [6, 6.07) is 53.8. The minimum absolute atomic E-state index is 1.26. The maximum absolute atomic E-state index is 2.37. The quantitative estimate of drug-likeness (QED) is 0.220. The van der Waals surface area contributed by atoms with Gasteiger partial charge in [-0.1, -0.05) is 133 Å². The standard InChI is InChI=1S/C40H24/c1-3-11-28-23-30(21-19-25(28)9-1)37-32-15-5-6-16-33(32)38(31-22-20-26-10-2-4-12-29(26)24-31)40-35-18-8-14-27-13-7-17-34(36(27)35)39(37)40/h1-24H. The monoisotopic (exact) mass is 504 g/mol. The van der Waals surface area contributed by atoms with Crippen LogP contribution < -0.4 is 0 Å². The first-order valence-electron chi connectivity index (χ1n) is 13.9. The zero-order valence-corrected chi connectivity index (χ0v) is 21.9. The molecular formula is C40H24. The van der Waals surface area contributed by atoms with E-state index in [-0.39, 0.29) is 0 Å². The molecule has 1 aliphatic rings. The van der Waals surface area contributed by atoms with Crippen molar-refractivity contribution in [3.63, 3.8) is 0 Å². The summed E-state index contributed by atoms with van der Waals surface area (Å²) in [7, 11) is 0. The summed E-state index contributed by atoms with van der Waals surface area (Å²) in [6.45, 7) is 0. The lowest BCUT2D eigenvalue weighted by Crippen LogP contribution is -1.94. The molecule has 1 aliphatic carbocycles. The highest BCUT2D eigenvalue weighted by Crippen LogP contribution is 2.57. The van der Waals surface area contributed by atoms with Gasteiger partial charge in [0.15, 0.2) is 0 Å². The lowest BCUT2D eigenvalue weighted by molar-refractivity contribution is 1.65. The number of hydrogen-bond acceptors (Lipinski definition) is 0. The second-order valence-electron chi connectivity index (χ2n) is 10.9. The molecular weight excluding hydrogens is 480 g/mol. The Balaban J connectivity index is 1.49. The van der Waals surface area contributed by atoms with Crippen LogP contribution in [0.25, 0.3) is 87.6 Å². The van der Waals surface area contributed by atoms with Gasteiger partial charge in [0.1, 0.15) is 0 Å². The second kappa shape index (κ2) is 8.15. The van der Waals surface area contributed by atoms with E-state index < -0.39 is 0 Å². The SMILES string of the molecule is c1ccc2cc(-c3c4c(c(-c5ccc6ccccc6c5)c5ccccc35)-c3cccc5cccc-4c35)ccc2c1. The molecule has 0 bridgehead atoms. The topological polar surface area (TPSA) is 0 Å². The smallest absolute Gasteiger partial charge is 0.000741 e. The van der Waals surface area contributed by atoms with E-state index >= 15 is 0 Å². The Morgan fingerprint density at radius 1 is 0.275 bits per heavy atom. The Morgan fingerprint density at radius 2 is 0.700 bits per heavy atom. The van der Waals surface area contributed by atoms with Crippen molar-refractivity contribution in [3.05, 3.63) is 146 Å². The van der Waals surface area contributed by atoms with E-state index in [1.165, 1.54) is 87.6 Å². The molecule has 0 spiro atoms. The molecule has 184 valence electrons. The third-order valence-corrected chi connectivity index (χ3v) is 8.74. The van der Waals surface area contributed by atoms with Crippen LogP contribution in [0.4, 0.5) is 0 Å². The Hall–Kier alpha value is -5.20. The lowest BCUT2D eigenvalue weighted by atomic mass is 9.82. The van der Waals surface area contributed by atoms with E-state index in [2.05, 4.69) is 146 Å². The van der Waals surface area contributed by atoms with Crippen molar-refractivity contribution >= 4 is 43.1 Å². The first-order valence-corrected chi connectivity index (χ1v) is 13.9. The number of hydrogen-bond donors (Lipinski definition) is 0. The van der Waals surface area contributed by atoms with Crippen LogP contribution in [0.1, 0.15) is 0 Å². The molecule has 0 N–H and O–H groups in total. The predicted molar refractivity (Wildman–Crippen MR) is 172 cm³/mol. The van der Waals surface area contributed by atoms with Gasteiger partial charge in [-0.05, 0) is 99.7 Å². The minimum atomic E-state index is 1.26. The fraction of sp³-hybridized carbons (Fsp3) is 0. The number of fused-ring (bicyclic) bond motifs is 6. The van der Waals surface area contributed by atoms with Crippen LogP contribution in [0, 0.1) is 0 Å². The van der Waals surface area contributed by atoms with E-state index in [9.17, 15) is 0 Å². The minimum Gasteiger partial charge on any atom is -0.0616 e. The van der Waals surface area contributed by atoms with Crippen molar-refractivity contribution in [1.29, 1.82) is 0 Å². The summed E-state index contributed by atoms with van der Waals surface area (Å²) < 4.78 is 0. The molecule has 40 heavy (non-hydrogen) atoms. The summed E-state index contributed by atoms with van der Waals surface area (Å²) in [5.41, 5.74) is 10.5. The molecule has 9 rings (SSSR count). The van der Waals surface area contributed by atoms with Gasteiger partial charge < -0.3 is 0 Å². The number of rotatable bonds is 2. The van der Waals surface area contributed by atoms with Gasteiger partial charge in [0.05, 0.1) is 0 Å². The highest BCUT2D eigenvalue weighted by Gasteiger charge is 2.30. The summed E-state index contributed by atoms with van der Waals surface area (Å²) in [6.07, 6.45) is 0. The van der Waals surface area contributed by atoms with Gasteiger partial charge in [0, 0.05) is 0 Å². The Bertz CT molecular complexity index is 2160. The zero-order valence-electron chi connectivity index (χ0n) is 21.9. The molecule has 0 heteroatoms. The Labute approximate surface area is 232 Å². The van der Waals surface area contributed by atoms with Crippen LogP contribution in [-0.2, 0) is 0 Å². The summed E-state index contributed by atoms with van der Waals surface area (Å²) >= 11 is 0. The van der Waals surface area contributed by atoms with Gasteiger partial charge in [0.25, 0.3) is 0 Å². The van der Waals surface area contributed by atoms with E-state index in [1.807, 2.05) is 0 Å². The molecule has 0 radical (unpaired) electrons. The van der Waals surface area contributed by atoms with Crippen LogP contribution in [0.15, 0.2) is 146 Å². The highest BCUT2D eigenvalue weighted by atomic mass is 14.3. The van der Waals surface area contributed by atoms with Gasteiger partial charge in [-0.3, -0.25) is 0 Å². The summed E-state index contributed by atoms with van der Waals surface area (Å²) in [5, 5.41) is 10.3. The van der Waals surface area contributed by atoms with Crippen LogP contribution in [0.2, 0.25) is 0 Å². The van der Waals surface area contributed by atoms with Crippen molar-refractivity contribution in [3.8, 4) is 44.5 Å². The Kier molecular flexibility index (Phi) is 4.42. The molecule has 0 atom stereocenters. The normalized spacial score (nSPS) is 12.0. The molecule has 0 aliphatic heterocycles. The first kappa shape index (κ1) is 21.7. The number of benzene rings is 8. The van der Waals surface area contributed by atoms with Crippen molar-refractivity contribution in [2.45, 2.75) is 0 Å². The van der Waals surface area contributed by atoms with Gasteiger partial charge in [-0.25, -0.2) is 0 Å². The largest absolute Gasteiger partial charge is 0.0616 e. The average Bonchev–Trinajstić information content (AvgIpc) is 3.35. The van der Waals surface area contributed by atoms with Crippen LogP contribution in [0.3, 0.4) is 0 Å². The molecule has 0 nitrogen and oxygen atoms in total. The first-order chi connectivity index (χ1) is 19.8. The third-order valence-electron chi connectivity index (χ3n) is 8.74. The highest BCUT2D eigenvalue weighted by molar-refractivity contribution is 6.27. The summed E-state index contributed by atoms with van der Waals surface area (Å²) in [5.74, 6) is 0. The Morgan fingerprint density at radius 3 is 1.20 bits per heavy atom. The van der Waals surface area contributed by atoms with Crippen LogP contribution in [-0.4, -0.2) is 0 Å². The molecule has 0 heterocycles.